The summed E-state index contributed by atoms with van der Waals surface area (Å²) < 4.78 is 18.2. The number of carbonyl (C=O) groups excluding carboxylic acids is 1. The van der Waals surface area contributed by atoms with Gasteiger partial charge in [-0.3, -0.25) is 9.36 Å². The molecule has 0 amide bonds. The number of fused-ring (bicyclic) bond motifs is 1. The van der Waals surface area contributed by atoms with Crippen LogP contribution in [-0.4, -0.2) is 36.5 Å². The second-order valence-electron chi connectivity index (χ2n) is 7.63. The Kier molecular flexibility index (Phi) is 7.13. The third-order valence-corrected chi connectivity index (χ3v) is 7.10. The second kappa shape index (κ2) is 10.1. The van der Waals surface area contributed by atoms with Crippen molar-refractivity contribution in [1.82, 2.24) is 4.57 Å². The van der Waals surface area contributed by atoms with Crippen LogP contribution in [0, 0.1) is 0 Å². The molecule has 0 aliphatic carbocycles. The number of rotatable bonds is 6. The van der Waals surface area contributed by atoms with Gasteiger partial charge in [-0.05, 0) is 71.2 Å². The molecule has 0 fully saturated rings. The molecule has 8 nitrogen and oxygen atoms in total. The van der Waals surface area contributed by atoms with Crippen LogP contribution in [0.4, 0.5) is 0 Å². The molecule has 1 aromatic heterocycles. The van der Waals surface area contributed by atoms with Crippen molar-refractivity contribution < 1.29 is 24.1 Å². The minimum atomic E-state index is -0.709. The number of nitrogens with zero attached hydrogens (tertiary/aromatic N) is 2. The van der Waals surface area contributed by atoms with E-state index < -0.39 is 12.0 Å². The van der Waals surface area contributed by atoms with E-state index in [1.165, 1.54) is 23.0 Å². The lowest BCUT2D eigenvalue weighted by Gasteiger charge is -2.24. The van der Waals surface area contributed by atoms with Gasteiger partial charge in [0.25, 0.3) is 5.56 Å². The molecule has 2 aromatic carbocycles. The zero-order chi connectivity index (χ0) is 25.3. The number of benzene rings is 2. The molecular formula is C25H23BrN2O6S. The second-order valence-corrected chi connectivity index (χ2v) is 9.49. The molecule has 4 rings (SSSR count). The number of thiazole rings is 1. The van der Waals surface area contributed by atoms with Crippen LogP contribution in [0.2, 0.25) is 0 Å². The highest BCUT2D eigenvalue weighted by molar-refractivity contribution is 9.10. The Hall–Kier alpha value is -3.37. The van der Waals surface area contributed by atoms with Crippen LogP contribution in [0.5, 0.6) is 17.2 Å². The lowest BCUT2D eigenvalue weighted by Crippen LogP contribution is -2.39. The molecular weight excluding hydrogens is 536 g/mol. The third-order valence-electron chi connectivity index (χ3n) is 5.52. The molecule has 0 saturated carbocycles. The minimum Gasteiger partial charge on any atom is -0.503 e. The molecule has 0 radical (unpaired) electrons. The summed E-state index contributed by atoms with van der Waals surface area (Å²) in [6, 6.07) is 9.81. The first-order valence-electron chi connectivity index (χ1n) is 10.7. The van der Waals surface area contributed by atoms with Gasteiger partial charge in [-0.25, -0.2) is 9.79 Å². The zero-order valence-electron chi connectivity index (χ0n) is 19.5. The number of hydrogen-bond donors (Lipinski definition) is 1. The van der Waals surface area contributed by atoms with Crippen LogP contribution in [0.25, 0.3) is 6.08 Å². The Bertz CT molecular complexity index is 1500. The van der Waals surface area contributed by atoms with Crippen LogP contribution in [0.1, 0.15) is 31.0 Å². The first kappa shape index (κ1) is 24.7. The van der Waals surface area contributed by atoms with E-state index in [1.807, 2.05) is 12.1 Å². The fraction of sp³-hybridized carbons (Fsp3) is 0.240. The average molecular weight is 559 g/mol. The minimum absolute atomic E-state index is 0.0275. The van der Waals surface area contributed by atoms with Crippen molar-refractivity contribution in [3.05, 3.63) is 83.0 Å². The van der Waals surface area contributed by atoms with Crippen LogP contribution in [-0.2, 0) is 9.53 Å². The number of aromatic nitrogens is 1. The van der Waals surface area contributed by atoms with E-state index in [-0.39, 0.29) is 23.7 Å². The fourth-order valence-electron chi connectivity index (χ4n) is 3.88. The lowest BCUT2D eigenvalue weighted by atomic mass is 9.96. The van der Waals surface area contributed by atoms with Crippen molar-refractivity contribution in [1.29, 1.82) is 0 Å². The number of phenols is 1. The predicted molar refractivity (Wildman–Crippen MR) is 136 cm³/mol. The number of hydrogen-bond acceptors (Lipinski definition) is 8. The quantitative estimate of drug-likeness (QED) is 0.466. The van der Waals surface area contributed by atoms with E-state index in [2.05, 4.69) is 20.9 Å². The van der Waals surface area contributed by atoms with Crippen LogP contribution in [0.15, 0.2) is 61.9 Å². The highest BCUT2D eigenvalue weighted by atomic mass is 79.9. The summed E-state index contributed by atoms with van der Waals surface area (Å²) in [6.07, 6.45) is 1.70. The van der Waals surface area contributed by atoms with Crippen molar-refractivity contribution >= 4 is 39.3 Å². The standard InChI is InChI=1S/C25H23BrN2O6S/c1-5-34-24(31)20-13(2)27-25-28(21(20)15-6-8-16(32-3)9-7-15)23(30)19(35-25)12-14-10-17(26)22(29)18(11-14)33-4/h6-12,21,29H,5H2,1-4H3/b19-12+. The highest BCUT2D eigenvalue weighted by Gasteiger charge is 2.33. The van der Waals surface area contributed by atoms with E-state index in [4.69, 9.17) is 14.2 Å². The number of phenolic OH excluding ortho intramolecular Hbond substituents is 1. The predicted octanol–water partition coefficient (Wildman–Crippen LogP) is 3.28. The number of methoxy groups -OCH3 is 2. The van der Waals surface area contributed by atoms with Gasteiger partial charge in [0.15, 0.2) is 16.3 Å². The molecule has 0 spiro atoms. The van der Waals surface area contributed by atoms with E-state index in [0.717, 1.165) is 5.56 Å². The molecule has 0 bridgehead atoms. The van der Waals surface area contributed by atoms with E-state index in [1.54, 1.807) is 51.3 Å². The Balaban J connectivity index is 1.94. The summed E-state index contributed by atoms with van der Waals surface area (Å²) in [7, 11) is 3.02. The molecule has 1 atom stereocenters. The zero-order valence-corrected chi connectivity index (χ0v) is 21.9. The smallest absolute Gasteiger partial charge is 0.338 e. The Morgan fingerprint density at radius 2 is 1.94 bits per heavy atom. The van der Waals surface area contributed by atoms with Crippen LogP contribution >= 0.6 is 27.3 Å². The summed E-state index contributed by atoms with van der Waals surface area (Å²) in [6.45, 7) is 3.67. The van der Waals surface area contributed by atoms with Gasteiger partial charge in [0, 0.05) is 0 Å². The number of esters is 1. The van der Waals surface area contributed by atoms with Crippen molar-refractivity contribution in [2.75, 3.05) is 20.8 Å². The first-order chi connectivity index (χ1) is 16.8. The van der Waals surface area contributed by atoms with Gasteiger partial charge in [0.1, 0.15) is 5.75 Å². The van der Waals surface area contributed by atoms with Crippen LogP contribution in [0.3, 0.4) is 0 Å². The molecule has 1 N–H and O–H groups in total. The molecule has 2 heterocycles. The molecule has 1 aliphatic rings. The molecule has 0 saturated heterocycles. The maximum absolute atomic E-state index is 13.7. The molecule has 3 aromatic rings. The molecule has 1 unspecified atom stereocenters. The normalized spacial score (nSPS) is 15.5. The van der Waals surface area contributed by atoms with Gasteiger partial charge in [-0.15, -0.1) is 0 Å². The van der Waals surface area contributed by atoms with Crippen molar-refractivity contribution in [2.24, 2.45) is 4.99 Å². The van der Waals surface area contributed by atoms with Crippen molar-refractivity contribution in [2.45, 2.75) is 19.9 Å². The van der Waals surface area contributed by atoms with Gasteiger partial charge >= 0.3 is 5.97 Å². The van der Waals surface area contributed by atoms with Gasteiger partial charge < -0.3 is 19.3 Å². The highest BCUT2D eigenvalue weighted by Crippen LogP contribution is 2.35. The molecule has 1 aliphatic heterocycles. The molecule has 182 valence electrons. The average Bonchev–Trinajstić information content (AvgIpc) is 3.14. The topological polar surface area (TPSA) is 99.4 Å². The van der Waals surface area contributed by atoms with E-state index >= 15 is 0 Å². The largest absolute Gasteiger partial charge is 0.503 e. The number of ether oxygens (including phenoxy) is 3. The summed E-state index contributed by atoms with van der Waals surface area (Å²) in [4.78, 5) is 31.6. The maximum Gasteiger partial charge on any atom is 0.338 e. The fourth-order valence-corrected chi connectivity index (χ4v) is 5.38. The van der Waals surface area contributed by atoms with Crippen molar-refractivity contribution in [3.63, 3.8) is 0 Å². The van der Waals surface area contributed by atoms with Gasteiger partial charge in [-0.2, -0.15) is 0 Å². The summed E-state index contributed by atoms with van der Waals surface area (Å²) in [5.41, 5.74) is 1.88. The maximum atomic E-state index is 13.7. The number of aromatic hydroxyl groups is 1. The Labute approximate surface area is 213 Å². The Morgan fingerprint density at radius 1 is 1.23 bits per heavy atom. The number of carbonyl (C=O) groups is 1. The monoisotopic (exact) mass is 558 g/mol. The third kappa shape index (κ3) is 4.63. The van der Waals surface area contributed by atoms with Crippen molar-refractivity contribution in [3.8, 4) is 17.2 Å². The van der Waals surface area contributed by atoms with Gasteiger partial charge in [0.05, 0.1) is 47.1 Å². The number of halogens is 1. The molecule has 35 heavy (non-hydrogen) atoms. The lowest BCUT2D eigenvalue weighted by molar-refractivity contribution is -0.139. The number of allylic oxidation sites excluding steroid dienone is 1. The van der Waals surface area contributed by atoms with Crippen LogP contribution < -0.4 is 24.4 Å². The Morgan fingerprint density at radius 3 is 2.57 bits per heavy atom. The molecule has 10 heteroatoms. The van der Waals surface area contributed by atoms with Gasteiger partial charge in [0.2, 0.25) is 0 Å². The van der Waals surface area contributed by atoms with Gasteiger partial charge in [-0.1, -0.05) is 23.5 Å². The summed E-state index contributed by atoms with van der Waals surface area (Å²) in [5.74, 6) is 0.387. The summed E-state index contributed by atoms with van der Waals surface area (Å²) >= 11 is 4.52. The first-order valence-corrected chi connectivity index (χ1v) is 12.3. The SMILES string of the molecule is CCOC(=O)C1=C(C)N=c2s/c(=C/c3cc(Br)c(O)c(OC)c3)c(=O)n2C1c1ccc(OC)cc1. The summed E-state index contributed by atoms with van der Waals surface area (Å²) in [5, 5.41) is 10.1. The van der Waals surface area contributed by atoms with E-state index in [0.29, 0.717) is 36.4 Å². The van der Waals surface area contributed by atoms with E-state index in [9.17, 15) is 14.7 Å².